The van der Waals surface area contributed by atoms with Crippen LogP contribution >= 0.6 is 33.9 Å². The summed E-state index contributed by atoms with van der Waals surface area (Å²) in [7, 11) is 1.56. The van der Waals surface area contributed by atoms with E-state index >= 15 is 0 Å². The molecule has 1 aromatic carbocycles. The summed E-state index contributed by atoms with van der Waals surface area (Å²) in [5, 5.41) is 6.52. The number of aromatic nitrogens is 3. The molecule has 182 valence electrons. The van der Waals surface area contributed by atoms with Crippen molar-refractivity contribution in [3.05, 3.63) is 39.2 Å². The highest BCUT2D eigenvalue weighted by atomic mass is 127. The molecule has 0 radical (unpaired) electrons. The second-order valence-electron chi connectivity index (χ2n) is 7.94. The number of thiazole rings is 1. The van der Waals surface area contributed by atoms with E-state index in [1.54, 1.807) is 29.6 Å². The topological polar surface area (TPSA) is 115 Å². The molecule has 1 fully saturated rings. The van der Waals surface area contributed by atoms with Gasteiger partial charge in [0.1, 0.15) is 27.3 Å². The van der Waals surface area contributed by atoms with Crippen molar-refractivity contribution in [2.24, 2.45) is 12.8 Å². The van der Waals surface area contributed by atoms with Crippen molar-refractivity contribution in [1.29, 1.82) is 0 Å². The quantitative estimate of drug-likeness (QED) is 0.236. The lowest BCUT2D eigenvalue weighted by Gasteiger charge is -2.26. The summed E-state index contributed by atoms with van der Waals surface area (Å²) in [6.07, 6.45) is 1.22. The van der Waals surface area contributed by atoms with Gasteiger partial charge in [0.05, 0.1) is 18.3 Å². The monoisotopic (exact) mass is 609 g/mol. The van der Waals surface area contributed by atoms with Gasteiger partial charge in [-0.25, -0.2) is 22.5 Å². The molecule has 1 saturated heterocycles. The molecule has 5 N–H and O–H groups in total. The molecule has 1 amide bonds. The molecular formula is C20H20F4IN7OS. The molecule has 1 atom stereocenters. The highest BCUT2D eigenvalue weighted by Gasteiger charge is 2.38. The zero-order valence-corrected chi connectivity index (χ0v) is 20.8. The molecule has 8 nitrogen and oxygen atoms in total. The van der Waals surface area contributed by atoms with E-state index in [2.05, 4.69) is 15.4 Å². The number of benzene rings is 1. The van der Waals surface area contributed by atoms with Gasteiger partial charge < -0.3 is 21.7 Å². The first-order valence-corrected chi connectivity index (χ1v) is 12.0. The van der Waals surface area contributed by atoms with E-state index in [9.17, 15) is 22.4 Å². The molecule has 4 rings (SSSR count). The van der Waals surface area contributed by atoms with Gasteiger partial charge in [0.2, 0.25) is 0 Å². The van der Waals surface area contributed by atoms with Crippen LogP contribution in [0.4, 0.5) is 34.1 Å². The van der Waals surface area contributed by atoms with Crippen LogP contribution in [0.2, 0.25) is 0 Å². The fraction of sp³-hybridized carbons (Fsp3) is 0.350. The standard InChI is InChI=1S/C20H20F4IN7OS/c1-31-19(32-5-4-9(26)6-20(23,24)8-32)12(7-28-31)29-17(33)15-16(27)34-18(30-15)13-10(21)2-3-11(25)14(13)22/h2-3,7,9H,4-6,8,26-27H2,1H3,(H,29,33)/t9-/m1/s1. The molecule has 2 aromatic heterocycles. The predicted octanol–water partition coefficient (Wildman–Crippen LogP) is 3.82. The molecular weight excluding hydrogens is 589 g/mol. The molecule has 3 heterocycles. The molecule has 1 aliphatic heterocycles. The van der Waals surface area contributed by atoms with Gasteiger partial charge in [-0.15, -0.1) is 0 Å². The number of hydrogen-bond donors (Lipinski definition) is 3. The smallest absolute Gasteiger partial charge is 0.277 e. The zero-order chi connectivity index (χ0) is 24.8. The van der Waals surface area contributed by atoms with Crippen LogP contribution in [-0.4, -0.2) is 45.7 Å². The van der Waals surface area contributed by atoms with Crippen LogP contribution in [0, 0.1) is 15.2 Å². The van der Waals surface area contributed by atoms with Crippen LogP contribution in [0.5, 0.6) is 0 Å². The largest absolute Gasteiger partial charge is 0.389 e. The van der Waals surface area contributed by atoms with E-state index in [0.717, 1.165) is 17.4 Å². The lowest BCUT2D eigenvalue weighted by Crippen LogP contribution is -2.37. The van der Waals surface area contributed by atoms with Crippen LogP contribution in [0.25, 0.3) is 10.6 Å². The van der Waals surface area contributed by atoms with Crippen LogP contribution in [0.1, 0.15) is 23.3 Å². The average molecular weight is 609 g/mol. The lowest BCUT2D eigenvalue weighted by atomic mass is 10.1. The summed E-state index contributed by atoms with van der Waals surface area (Å²) >= 11 is 2.48. The van der Waals surface area contributed by atoms with Gasteiger partial charge in [-0.2, -0.15) is 5.10 Å². The minimum absolute atomic E-state index is 0.0529. The first kappa shape index (κ1) is 24.7. The van der Waals surface area contributed by atoms with Gasteiger partial charge in [0.25, 0.3) is 11.8 Å². The number of nitrogens with one attached hydrogen (secondary N) is 1. The summed E-state index contributed by atoms with van der Waals surface area (Å²) in [5.41, 5.74) is 11.3. The van der Waals surface area contributed by atoms with Crippen LogP contribution in [-0.2, 0) is 7.05 Å². The molecule has 0 aliphatic carbocycles. The first-order chi connectivity index (χ1) is 16.0. The summed E-state index contributed by atoms with van der Waals surface area (Å²) in [6, 6.07) is 1.73. The Morgan fingerprint density at radius 3 is 2.82 bits per heavy atom. The normalized spacial score (nSPS) is 18.1. The Balaban J connectivity index is 1.63. The highest BCUT2D eigenvalue weighted by Crippen LogP contribution is 2.36. The van der Waals surface area contributed by atoms with Gasteiger partial charge in [-0.05, 0) is 41.1 Å². The van der Waals surface area contributed by atoms with Crippen molar-refractivity contribution in [2.75, 3.05) is 29.0 Å². The molecule has 1 aliphatic rings. The van der Waals surface area contributed by atoms with E-state index in [1.165, 1.54) is 21.8 Å². The van der Waals surface area contributed by atoms with Gasteiger partial charge in [0.15, 0.2) is 11.5 Å². The first-order valence-electron chi connectivity index (χ1n) is 10.1. The van der Waals surface area contributed by atoms with Crippen LogP contribution in [0.15, 0.2) is 18.3 Å². The number of hydrogen-bond acceptors (Lipinski definition) is 7. The summed E-state index contributed by atoms with van der Waals surface area (Å²) in [6.45, 7) is -0.343. The number of amides is 1. The predicted molar refractivity (Wildman–Crippen MR) is 130 cm³/mol. The van der Waals surface area contributed by atoms with Crippen molar-refractivity contribution in [2.45, 2.75) is 24.8 Å². The Kier molecular flexibility index (Phi) is 6.74. The number of carbonyl (C=O) groups is 1. The van der Waals surface area contributed by atoms with Gasteiger partial charge >= 0.3 is 0 Å². The Morgan fingerprint density at radius 1 is 1.35 bits per heavy atom. The number of carbonyl (C=O) groups excluding carboxylic acids is 1. The lowest BCUT2D eigenvalue weighted by molar-refractivity contribution is -0.000527. The number of halogens is 5. The molecule has 0 spiro atoms. The van der Waals surface area contributed by atoms with Gasteiger partial charge in [-0.3, -0.25) is 9.48 Å². The van der Waals surface area contributed by atoms with Crippen molar-refractivity contribution >= 4 is 56.3 Å². The third-order valence-corrected chi connectivity index (χ3v) is 7.07. The van der Waals surface area contributed by atoms with Gasteiger partial charge in [0, 0.05) is 29.6 Å². The number of alkyl halides is 2. The Morgan fingerprint density at radius 2 is 2.09 bits per heavy atom. The van der Waals surface area contributed by atoms with E-state index in [-0.39, 0.29) is 42.9 Å². The fourth-order valence-corrected chi connectivity index (χ4v) is 5.13. The van der Waals surface area contributed by atoms with Crippen molar-refractivity contribution in [1.82, 2.24) is 14.8 Å². The Labute approximate surface area is 209 Å². The molecule has 0 bridgehead atoms. The Hall–Kier alpha value is -2.46. The van der Waals surface area contributed by atoms with E-state index in [1.807, 2.05) is 0 Å². The maximum Gasteiger partial charge on any atom is 0.277 e. The second kappa shape index (κ2) is 9.30. The number of nitrogens with zero attached hydrogens (tertiary/aromatic N) is 4. The van der Waals surface area contributed by atoms with E-state index in [0.29, 0.717) is 6.42 Å². The van der Waals surface area contributed by atoms with Gasteiger partial charge in [-0.1, -0.05) is 11.3 Å². The van der Waals surface area contributed by atoms with Crippen molar-refractivity contribution in [3.63, 3.8) is 0 Å². The number of nitrogen functional groups attached to an aromatic ring is 1. The van der Waals surface area contributed by atoms with E-state index < -0.39 is 42.5 Å². The van der Waals surface area contributed by atoms with Crippen LogP contribution in [0.3, 0.4) is 0 Å². The summed E-state index contributed by atoms with van der Waals surface area (Å²) in [5.74, 6) is -5.16. The SMILES string of the molecule is Cn1ncc(NC(=O)c2nc(-c3c(F)ccc(I)c3F)sc2N)c1N1CC[C@@H](N)CC(F)(F)C1. The Bertz CT molecular complexity index is 1250. The number of nitrogens with two attached hydrogens (primary N) is 2. The average Bonchev–Trinajstić information content (AvgIpc) is 3.26. The number of aryl methyl sites for hydroxylation is 1. The minimum Gasteiger partial charge on any atom is -0.389 e. The third kappa shape index (κ3) is 4.84. The molecule has 0 unspecified atom stereocenters. The zero-order valence-electron chi connectivity index (χ0n) is 17.8. The summed E-state index contributed by atoms with van der Waals surface area (Å²) in [4.78, 5) is 18.4. The molecule has 14 heteroatoms. The number of rotatable bonds is 4. The highest BCUT2D eigenvalue weighted by molar-refractivity contribution is 14.1. The molecule has 3 aromatic rings. The number of anilines is 3. The van der Waals surface area contributed by atoms with Crippen molar-refractivity contribution in [3.8, 4) is 10.6 Å². The summed E-state index contributed by atoms with van der Waals surface area (Å²) < 4.78 is 59.0. The molecule has 0 saturated carbocycles. The third-order valence-electron chi connectivity index (χ3n) is 5.33. The maximum absolute atomic E-state index is 14.5. The van der Waals surface area contributed by atoms with Crippen molar-refractivity contribution < 1.29 is 22.4 Å². The molecule has 34 heavy (non-hydrogen) atoms. The minimum atomic E-state index is -3.02. The van der Waals surface area contributed by atoms with E-state index in [4.69, 9.17) is 11.5 Å². The fourth-order valence-electron chi connectivity index (χ4n) is 3.81. The maximum atomic E-state index is 14.5. The second-order valence-corrected chi connectivity index (χ2v) is 10.1. The van der Waals surface area contributed by atoms with Crippen LogP contribution < -0.4 is 21.7 Å².